The van der Waals surface area contributed by atoms with E-state index in [1.807, 2.05) is 0 Å². The van der Waals surface area contributed by atoms with E-state index in [-0.39, 0.29) is 30.1 Å². The molecule has 2 aromatic rings. The maximum atomic E-state index is 13.2. The van der Waals surface area contributed by atoms with Crippen LogP contribution in [0.5, 0.6) is 5.75 Å². The fourth-order valence-electron chi connectivity index (χ4n) is 3.34. The average molecular weight is 415 g/mol. The van der Waals surface area contributed by atoms with Gasteiger partial charge in [0.15, 0.2) is 0 Å². The van der Waals surface area contributed by atoms with Crippen molar-refractivity contribution < 1.29 is 31.2 Å². The first-order valence-corrected chi connectivity index (χ1v) is 10.3. The predicted octanol–water partition coefficient (Wildman–Crippen LogP) is 1.80. The second-order valence-corrected chi connectivity index (χ2v) is 8.60. The molecule has 5 nitrogen and oxygen atoms in total. The van der Waals surface area contributed by atoms with E-state index in [4.69, 9.17) is 4.74 Å². The molecule has 28 heavy (non-hydrogen) atoms. The van der Waals surface area contributed by atoms with Crippen molar-refractivity contribution >= 4 is 10.0 Å². The van der Waals surface area contributed by atoms with E-state index in [9.17, 15) is 21.6 Å². The van der Waals surface area contributed by atoms with Crippen molar-refractivity contribution in [1.82, 2.24) is 4.31 Å². The fraction of sp³-hybridized carbons (Fsp3) is 0.368. The van der Waals surface area contributed by atoms with Crippen LogP contribution in [0.2, 0.25) is 0 Å². The van der Waals surface area contributed by atoms with Gasteiger partial charge in [-0.2, -0.15) is 17.5 Å². The largest absolute Gasteiger partial charge is 0.497 e. The van der Waals surface area contributed by atoms with E-state index >= 15 is 0 Å². The molecule has 152 valence electrons. The van der Waals surface area contributed by atoms with E-state index in [1.165, 1.54) is 35.7 Å². The van der Waals surface area contributed by atoms with Gasteiger partial charge >= 0.3 is 6.18 Å². The summed E-state index contributed by atoms with van der Waals surface area (Å²) in [6.45, 7) is 1.63. The number of nitrogens with one attached hydrogen (secondary N) is 1. The second kappa shape index (κ2) is 8.10. The zero-order chi connectivity index (χ0) is 20.4. The maximum absolute atomic E-state index is 13.2. The summed E-state index contributed by atoms with van der Waals surface area (Å²) in [7, 11) is -2.13. The average Bonchev–Trinajstić information content (AvgIpc) is 2.68. The van der Waals surface area contributed by atoms with Gasteiger partial charge in [0, 0.05) is 5.56 Å². The minimum Gasteiger partial charge on any atom is -0.497 e. The molecule has 0 aliphatic carbocycles. The molecule has 1 aliphatic heterocycles. The van der Waals surface area contributed by atoms with Gasteiger partial charge in [0.25, 0.3) is 0 Å². The van der Waals surface area contributed by atoms with Gasteiger partial charge in [-0.3, -0.25) is 0 Å². The highest BCUT2D eigenvalue weighted by Crippen LogP contribution is 2.31. The Morgan fingerprint density at radius 1 is 1.04 bits per heavy atom. The zero-order valence-electron chi connectivity index (χ0n) is 15.4. The van der Waals surface area contributed by atoms with Gasteiger partial charge in [-0.05, 0) is 30.3 Å². The summed E-state index contributed by atoms with van der Waals surface area (Å²) >= 11 is 0. The Morgan fingerprint density at radius 3 is 2.21 bits per heavy atom. The molecule has 1 fully saturated rings. The smallest absolute Gasteiger partial charge is 0.416 e. The Balaban J connectivity index is 1.66. The van der Waals surface area contributed by atoms with E-state index < -0.39 is 21.8 Å². The number of alkyl halides is 3. The van der Waals surface area contributed by atoms with Crippen LogP contribution in [0.1, 0.15) is 11.1 Å². The number of sulfonamides is 1. The van der Waals surface area contributed by atoms with E-state index in [0.717, 1.165) is 11.0 Å². The number of hydrogen-bond acceptors (Lipinski definition) is 3. The van der Waals surface area contributed by atoms with Gasteiger partial charge in [-0.15, -0.1) is 0 Å². The summed E-state index contributed by atoms with van der Waals surface area (Å²) < 4.78 is 71.4. The molecule has 1 aliphatic rings. The van der Waals surface area contributed by atoms with Crippen LogP contribution in [0.3, 0.4) is 0 Å². The molecular formula is C19H22F3N2O3S+. The van der Waals surface area contributed by atoms with Gasteiger partial charge in [0.05, 0.1) is 43.7 Å². The third kappa shape index (κ3) is 4.48. The fourth-order valence-corrected chi connectivity index (χ4v) is 4.78. The minimum atomic E-state index is -4.39. The summed E-state index contributed by atoms with van der Waals surface area (Å²) in [4.78, 5) is 1.11. The number of nitrogens with zero attached hydrogens (tertiary/aromatic N) is 1. The number of quaternary nitrogens is 1. The Bertz CT molecular complexity index is 907. The highest BCUT2D eigenvalue weighted by molar-refractivity contribution is 7.89. The molecular weight excluding hydrogens is 393 g/mol. The topological polar surface area (TPSA) is 51.1 Å². The first kappa shape index (κ1) is 20.6. The summed E-state index contributed by atoms with van der Waals surface area (Å²) in [5.74, 6) is 0.566. The van der Waals surface area contributed by atoms with Crippen LogP contribution in [0.25, 0.3) is 0 Å². The molecule has 0 atom stereocenters. The molecule has 0 amide bonds. The van der Waals surface area contributed by atoms with Crippen LogP contribution in [-0.2, 0) is 22.7 Å². The van der Waals surface area contributed by atoms with Crippen LogP contribution in [0, 0.1) is 0 Å². The lowest BCUT2D eigenvalue weighted by Gasteiger charge is -2.32. The molecule has 0 saturated carbocycles. The number of hydrogen-bond donors (Lipinski definition) is 1. The van der Waals surface area contributed by atoms with Crippen molar-refractivity contribution in [2.24, 2.45) is 0 Å². The molecule has 1 saturated heterocycles. The van der Waals surface area contributed by atoms with Crippen LogP contribution in [0.15, 0.2) is 53.4 Å². The van der Waals surface area contributed by atoms with Crippen LogP contribution < -0.4 is 9.64 Å². The van der Waals surface area contributed by atoms with Crippen molar-refractivity contribution in [3.8, 4) is 5.75 Å². The zero-order valence-corrected chi connectivity index (χ0v) is 16.2. The molecule has 0 aromatic heterocycles. The lowest BCUT2D eigenvalue weighted by Crippen LogP contribution is -3.13. The number of rotatable bonds is 5. The van der Waals surface area contributed by atoms with E-state index in [1.54, 1.807) is 18.2 Å². The van der Waals surface area contributed by atoms with Gasteiger partial charge < -0.3 is 9.64 Å². The highest BCUT2D eigenvalue weighted by atomic mass is 32.2. The summed E-state index contributed by atoms with van der Waals surface area (Å²) in [6.07, 6.45) is -4.39. The van der Waals surface area contributed by atoms with Crippen LogP contribution in [0.4, 0.5) is 13.2 Å². The summed E-state index contributed by atoms with van der Waals surface area (Å²) in [6, 6.07) is 11.7. The first-order valence-electron chi connectivity index (χ1n) is 8.84. The number of benzene rings is 2. The molecule has 3 rings (SSSR count). The van der Waals surface area contributed by atoms with Crippen LogP contribution in [-0.4, -0.2) is 46.0 Å². The SMILES string of the molecule is COc1ccc(S(=O)(=O)N2CC[NH+](Cc3ccccc3C(F)(F)F)CC2)cc1. The van der Waals surface area contributed by atoms with Gasteiger partial charge in [-0.1, -0.05) is 18.2 Å². The molecule has 0 bridgehead atoms. The standard InChI is InChI=1S/C19H21F3N2O3S/c1-27-16-6-8-17(9-7-16)28(25,26)24-12-10-23(11-13-24)14-15-4-2-3-5-18(15)19(20,21)22/h2-9H,10-14H2,1H3/p+1. The second-order valence-electron chi connectivity index (χ2n) is 6.66. The van der Waals surface area contributed by atoms with E-state index in [0.29, 0.717) is 18.8 Å². The third-order valence-corrected chi connectivity index (χ3v) is 6.80. The Morgan fingerprint density at radius 2 is 1.64 bits per heavy atom. The molecule has 0 radical (unpaired) electrons. The normalized spacial score (nSPS) is 16.9. The number of piperazine rings is 1. The Kier molecular flexibility index (Phi) is 5.97. The quantitative estimate of drug-likeness (QED) is 0.811. The maximum Gasteiger partial charge on any atom is 0.416 e. The Labute approximate surface area is 162 Å². The third-order valence-electron chi connectivity index (χ3n) is 4.89. The monoisotopic (exact) mass is 415 g/mol. The van der Waals surface area contributed by atoms with Crippen LogP contribution >= 0.6 is 0 Å². The molecule has 9 heteroatoms. The van der Waals surface area contributed by atoms with Gasteiger partial charge in [0.2, 0.25) is 10.0 Å². The van der Waals surface area contributed by atoms with Crippen molar-refractivity contribution in [3.05, 3.63) is 59.7 Å². The lowest BCUT2D eigenvalue weighted by atomic mass is 10.1. The molecule has 1 heterocycles. The first-order chi connectivity index (χ1) is 13.2. The highest BCUT2D eigenvalue weighted by Gasteiger charge is 2.35. The van der Waals surface area contributed by atoms with Gasteiger partial charge in [-0.25, -0.2) is 8.42 Å². The summed E-state index contributed by atoms with van der Waals surface area (Å²) in [5, 5.41) is 0. The Hall–Kier alpha value is -2.10. The van der Waals surface area contributed by atoms with E-state index in [2.05, 4.69) is 0 Å². The predicted molar refractivity (Wildman–Crippen MR) is 97.6 cm³/mol. The van der Waals surface area contributed by atoms with Crippen molar-refractivity contribution in [2.45, 2.75) is 17.6 Å². The van der Waals surface area contributed by atoms with Gasteiger partial charge in [0.1, 0.15) is 12.3 Å². The number of halogens is 3. The van der Waals surface area contributed by atoms with Crippen molar-refractivity contribution in [2.75, 3.05) is 33.3 Å². The molecule has 2 aromatic carbocycles. The molecule has 1 N–H and O–H groups in total. The minimum absolute atomic E-state index is 0.180. The summed E-state index contributed by atoms with van der Waals surface area (Å²) in [5.41, 5.74) is -0.396. The van der Waals surface area contributed by atoms with Crippen molar-refractivity contribution in [1.29, 1.82) is 0 Å². The molecule has 0 spiro atoms. The molecule has 0 unspecified atom stereocenters. The number of ether oxygens (including phenoxy) is 1. The van der Waals surface area contributed by atoms with Crippen molar-refractivity contribution in [3.63, 3.8) is 0 Å². The number of methoxy groups -OCH3 is 1. The lowest BCUT2D eigenvalue weighted by molar-refractivity contribution is -0.917.